The van der Waals surface area contributed by atoms with Crippen LogP contribution in [0.4, 0.5) is 0 Å². The lowest BCUT2D eigenvalue weighted by Gasteiger charge is -2.13. The van der Waals surface area contributed by atoms with E-state index in [1.54, 1.807) is 6.07 Å². The van der Waals surface area contributed by atoms with Gasteiger partial charge in [-0.05, 0) is 26.3 Å². The van der Waals surface area contributed by atoms with Gasteiger partial charge in [-0.1, -0.05) is 37.0 Å². The van der Waals surface area contributed by atoms with E-state index in [9.17, 15) is 4.79 Å². The summed E-state index contributed by atoms with van der Waals surface area (Å²) in [5, 5.41) is 4.89. The van der Waals surface area contributed by atoms with Crippen LogP contribution in [0.3, 0.4) is 0 Å². The van der Waals surface area contributed by atoms with Crippen LogP contribution >= 0.6 is 23.2 Å². The van der Waals surface area contributed by atoms with E-state index in [2.05, 4.69) is 5.10 Å². The molecule has 2 aromatic rings. The lowest BCUT2D eigenvalue weighted by Crippen LogP contribution is -2.14. The van der Waals surface area contributed by atoms with Crippen LogP contribution in [0, 0.1) is 0 Å². The normalized spacial score (nSPS) is 12.7. The van der Waals surface area contributed by atoms with Crippen molar-refractivity contribution in [1.82, 2.24) is 9.78 Å². The van der Waals surface area contributed by atoms with E-state index >= 15 is 0 Å². The number of nitrogens with zero attached hydrogens (tertiary/aromatic N) is 2. The lowest BCUT2D eigenvalue weighted by molar-refractivity contribution is 0.242. The number of hydrogen-bond donors (Lipinski definition) is 0. The van der Waals surface area contributed by atoms with Crippen molar-refractivity contribution in [1.29, 1.82) is 0 Å². The first kappa shape index (κ1) is 16.9. The van der Waals surface area contributed by atoms with Gasteiger partial charge in [-0.25, -0.2) is 4.79 Å². The Balaban J connectivity index is 2.52. The molecule has 5 nitrogen and oxygen atoms in total. The zero-order chi connectivity index (χ0) is 16.4. The molecule has 0 aliphatic heterocycles. The molecule has 0 radical (unpaired) electrons. The lowest BCUT2D eigenvalue weighted by atomic mass is 10.1. The van der Waals surface area contributed by atoms with Gasteiger partial charge in [0.1, 0.15) is 5.75 Å². The maximum absolute atomic E-state index is 12.0. The van der Waals surface area contributed by atoms with Gasteiger partial charge in [0, 0.05) is 12.0 Å². The molecule has 0 aliphatic rings. The van der Waals surface area contributed by atoms with Crippen LogP contribution in [0.2, 0.25) is 10.0 Å². The largest absolute Gasteiger partial charge is 0.489 e. The second-order valence-corrected chi connectivity index (χ2v) is 6.14. The van der Waals surface area contributed by atoms with Gasteiger partial charge in [0.05, 0.1) is 21.8 Å². The van der Waals surface area contributed by atoms with Gasteiger partial charge < -0.3 is 9.15 Å². The summed E-state index contributed by atoms with van der Waals surface area (Å²) in [5.41, 5.74) is 0.380. The molecule has 22 heavy (non-hydrogen) atoms. The summed E-state index contributed by atoms with van der Waals surface area (Å²) in [6, 6.07) is 3.12. The third-order valence-electron chi connectivity index (χ3n) is 3.19. The van der Waals surface area contributed by atoms with Gasteiger partial charge >= 0.3 is 5.76 Å². The molecular weight excluding hydrogens is 327 g/mol. The summed E-state index contributed by atoms with van der Waals surface area (Å²) in [5.74, 6) is 0.280. The minimum Gasteiger partial charge on any atom is -0.489 e. The molecule has 2 rings (SSSR count). The quantitative estimate of drug-likeness (QED) is 0.804. The molecule has 0 N–H and O–H groups in total. The van der Waals surface area contributed by atoms with Crippen molar-refractivity contribution in [2.24, 2.45) is 0 Å². The van der Waals surface area contributed by atoms with Crippen molar-refractivity contribution in [3.63, 3.8) is 0 Å². The predicted molar refractivity (Wildman–Crippen MR) is 86.6 cm³/mol. The zero-order valence-electron chi connectivity index (χ0n) is 12.9. The van der Waals surface area contributed by atoms with E-state index in [4.69, 9.17) is 32.4 Å². The van der Waals surface area contributed by atoms with E-state index in [0.29, 0.717) is 27.4 Å². The average Bonchev–Trinajstić information content (AvgIpc) is 2.82. The van der Waals surface area contributed by atoms with E-state index in [1.165, 1.54) is 6.07 Å². The summed E-state index contributed by atoms with van der Waals surface area (Å²) in [4.78, 5) is 12.0. The average molecular weight is 345 g/mol. The minimum absolute atomic E-state index is 0.0476. The van der Waals surface area contributed by atoms with Gasteiger partial charge in [0.2, 0.25) is 5.89 Å². The second-order valence-electron chi connectivity index (χ2n) is 5.33. The van der Waals surface area contributed by atoms with Crippen LogP contribution in [-0.4, -0.2) is 15.9 Å². The summed E-state index contributed by atoms with van der Waals surface area (Å²) in [6.45, 7) is 7.70. The predicted octanol–water partition coefficient (Wildman–Crippen LogP) is 4.43. The standard InChI is InChI=1S/C15H18Cl2N2O3/c1-5-9(4)14-18-19(15(20)22-14)12-7-13(21-8(2)3)11(17)6-10(12)16/h6-9H,5H2,1-4H3. The maximum atomic E-state index is 12.0. The minimum atomic E-state index is -0.588. The van der Waals surface area contributed by atoms with Gasteiger partial charge in [0.15, 0.2) is 0 Å². The highest BCUT2D eigenvalue weighted by Crippen LogP contribution is 2.33. The fraction of sp³-hybridized carbons (Fsp3) is 0.467. The highest BCUT2D eigenvalue weighted by atomic mass is 35.5. The Morgan fingerprint density at radius 2 is 1.95 bits per heavy atom. The molecule has 0 spiro atoms. The molecule has 1 heterocycles. The molecule has 0 amide bonds. The highest BCUT2D eigenvalue weighted by molar-refractivity contribution is 6.36. The molecule has 1 aromatic carbocycles. The Hall–Kier alpha value is -1.46. The van der Waals surface area contributed by atoms with Crippen molar-refractivity contribution in [2.45, 2.75) is 46.1 Å². The molecule has 0 saturated heterocycles. The third kappa shape index (κ3) is 3.47. The Bertz CT molecular complexity index is 722. The SMILES string of the molecule is CCC(C)c1nn(-c2cc(OC(C)C)c(Cl)cc2Cl)c(=O)o1. The van der Waals surface area contributed by atoms with Crippen molar-refractivity contribution in [2.75, 3.05) is 0 Å². The number of aromatic nitrogens is 2. The Kier molecular flexibility index (Phi) is 5.19. The Morgan fingerprint density at radius 3 is 2.55 bits per heavy atom. The van der Waals surface area contributed by atoms with E-state index < -0.39 is 5.76 Å². The topological polar surface area (TPSA) is 57.3 Å². The molecular formula is C15H18Cl2N2O3. The fourth-order valence-corrected chi connectivity index (χ4v) is 2.35. The van der Waals surface area contributed by atoms with E-state index in [-0.39, 0.29) is 12.0 Å². The first-order chi connectivity index (χ1) is 10.3. The van der Waals surface area contributed by atoms with Crippen molar-refractivity contribution in [3.05, 3.63) is 38.6 Å². The smallest absolute Gasteiger partial charge is 0.442 e. The van der Waals surface area contributed by atoms with Crippen LogP contribution < -0.4 is 10.5 Å². The van der Waals surface area contributed by atoms with Crippen LogP contribution in [0.25, 0.3) is 5.69 Å². The first-order valence-corrected chi connectivity index (χ1v) is 7.85. The van der Waals surface area contributed by atoms with Gasteiger partial charge in [0.25, 0.3) is 0 Å². The summed E-state index contributed by atoms with van der Waals surface area (Å²) >= 11 is 12.3. The van der Waals surface area contributed by atoms with Crippen molar-refractivity contribution < 1.29 is 9.15 Å². The number of halogens is 2. The monoisotopic (exact) mass is 344 g/mol. The van der Waals surface area contributed by atoms with Crippen LogP contribution in [0.1, 0.15) is 45.9 Å². The fourth-order valence-electron chi connectivity index (χ4n) is 1.84. The first-order valence-electron chi connectivity index (χ1n) is 7.09. The molecule has 0 aliphatic carbocycles. The number of ether oxygens (including phenoxy) is 1. The Labute approximate surface area is 138 Å². The number of rotatable bonds is 5. The third-order valence-corrected chi connectivity index (χ3v) is 3.79. The van der Waals surface area contributed by atoms with Crippen molar-refractivity contribution >= 4 is 23.2 Å². The van der Waals surface area contributed by atoms with Crippen LogP contribution in [-0.2, 0) is 0 Å². The van der Waals surface area contributed by atoms with Gasteiger partial charge in [-0.3, -0.25) is 0 Å². The zero-order valence-corrected chi connectivity index (χ0v) is 14.4. The molecule has 1 unspecified atom stereocenters. The van der Waals surface area contributed by atoms with Crippen LogP contribution in [0.15, 0.2) is 21.3 Å². The number of benzene rings is 1. The number of hydrogen-bond acceptors (Lipinski definition) is 4. The molecule has 0 fully saturated rings. The van der Waals surface area contributed by atoms with E-state index in [1.807, 2.05) is 27.7 Å². The summed E-state index contributed by atoms with van der Waals surface area (Å²) in [6.07, 6.45) is 0.756. The molecule has 7 heteroatoms. The molecule has 0 bridgehead atoms. The van der Waals surface area contributed by atoms with Crippen molar-refractivity contribution in [3.8, 4) is 11.4 Å². The highest BCUT2D eigenvalue weighted by Gasteiger charge is 2.18. The summed E-state index contributed by atoms with van der Waals surface area (Å²) < 4.78 is 11.9. The summed E-state index contributed by atoms with van der Waals surface area (Å²) in [7, 11) is 0. The molecule has 1 atom stereocenters. The van der Waals surface area contributed by atoms with E-state index in [0.717, 1.165) is 11.1 Å². The van der Waals surface area contributed by atoms with Gasteiger partial charge in [-0.15, -0.1) is 5.10 Å². The van der Waals surface area contributed by atoms with Crippen LogP contribution in [0.5, 0.6) is 5.75 Å². The van der Waals surface area contributed by atoms with Gasteiger partial charge in [-0.2, -0.15) is 4.68 Å². The maximum Gasteiger partial charge on any atom is 0.442 e. The Morgan fingerprint density at radius 1 is 1.27 bits per heavy atom. The second kappa shape index (κ2) is 6.75. The molecule has 0 saturated carbocycles. The molecule has 1 aromatic heterocycles. The molecule has 120 valence electrons.